The molecule has 21 heavy (non-hydrogen) atoms. The summed E-state index contributed by atoms with van der Waals surface area (Å²) < 4.78 is 6.42. The third-order valence-corrected chi connectivity index (χ3v) is 4.74. The molecule has 2 rings (SSSR count). The molecule has 1 fully saturated rings. The summed E-state index contributed by atoms with van der Waals surface area (Å²) in [5.41, 5.74) is 2.55. The third-order valence-electron chi connectivity index (χ3n) is 4.74. The van der Waals surface area contributed by atoms with Gasteiger partial charge in [-0.05, 0) is 63.6 Å². The third kappa shape index (κ3) is 4.47. The van der Waals surface area contributed by atoms with Crippen molar-refractivity contribution in [2.45, 2.75) is 71.9 Å². The minimum atomic E-state index is 0.316. The van der Waals surface area contributed by atoms with Gasteiger partial charge in [0, 0.05) is 6.04 Å². The maximum atomic E-state index is 6.42. The van der Waals surface area contributed by atoms with Crippen molar-refractivity contribution in [3.8, 4) is 5.75 Å². The van der Waals surface area contributed by atoms with E-state index in [2.05, 4.69) is 51.2 Å². The highest BCUT2D eigenvalue weighted by Gasteiger charge is 2.31. The highest BCUT2D eigenvalue weighted by atomic mass is 16.5. The van der Waals surface area contributed by atoms with E-state index in [9.17, 15) is 0 Å². The Morgan fingerprint density at radius 3 is 2.67 bits per heavy atom. The molecule has 1 N–H and O–H groups in total. The molecule has 0 heterocycles. The number of aryl methyl sites for hydroxylation is 2. The molecule has 3 atom stereocenters. The molecular weight excluding hydrogens is 258 g/mol. The van der Waals surface area contributed by atoms with Crippen molar-refractivity contribution in [3.05, 3.63) is 29.3 Å². The summed E-state index contributed by atoms with van der Waals surface area (Å²) in [5, 5.41) is 3.69. The predicted molar refractivity (Wildman–Crippen MR) is 90.0 cm³/mol. The average Bonchev–Trinajstić information content (AvgIpc) is 2.48. The molecule has 0 saturated heterocycles. The van der Waals surface area contributed by atoms with Crippen LogP contribution in [0.5, 0.6) is 5.75 Å². The predicted octanol–water partition coefficient (Wildman–Crippen LogP) is 4.63. The van der Waals surface area contributed by atoms with Gasteiger partial charge >= 0.3 is 0 Å². The topological polar surface area (TPSA) is 21.3 Å². The van der Waals surface area contributed by atoms with Crippen LogP contribution in [0.2, 0.25) is 0 Å². The zero-order chi connectivity index (χ0) is 15.2. The number of rotatable bonds is 6. The van der Waals surface area contributed by atoms with Crippen molar-refractivity contribution in [1.29, 1.82) is 0 Å². The van der Waals surface area contributed by atoms with Crippen molar-refractivity contribution in [2.75, 3.05) is 6.54 Å². The van der Waals surface area contributed by atoms with Crippen LogP contribution in [0.3, 0.4) is 0 Å². The van der Waals surface area contributed by atoms with E-state index in [1.54, 1.807) is 0 Å². The zero-order valence-corrected chi connectivity index (χ0v) is 14.1. The van der Waals surface area contributed by atoms with Gasteiger partial charge in [0.15, 0.2) is 0 Å². The Balaban J connectivity index is 2.07. The first kappa shape index (κ1) is 16.4. The lowest BCUT2D eigenvalue weighted by Gasteiger charge is -2.37. The van der Waals surface area contributed by atoms with E-state index in [0.717, 1.165) is 18.2 Å². The summed E-state index contributed by atoms with van der Waals surface area (Å²) in [6.07, 6.45) is 6.54. The molecule has 1 aliphatic carbocycles. The summed E-state index contributed by atoms with van der Waals surface area (Å²) in [4.78, 5) is 0. The van der Waals surface area contributed by atoms with E-state index in [-0.39, 0.29) is 0 Å². The Morgan fingerprint density at radius 1 is 1.19 bits per heavy atom. The van der Waals surface area contributed by atoms with Crippen LogP contribution in [0.1, 0.15) is 57.1 Å². The first-order chi connectivity index (χ1) is 10.1. The fraction of sp³-hybridized carbons (Fsp3) is 0.684. The van der Waals surface area contributed by atoms with Crippen molar-refractivity contribution in [3.63, 3.8) is 0 Å². The summed E-state index contributed by atoms with van der Waals surface area (Å²) in [7, 11) is 0. The Bertz CT molecular complexity index is 443. The van der Waals surface area contributed by atoms with E-state index in [0.29, 0.717) is 12.1 Å². The minimum absolute atomic E-state index is 0.316. The standard InChI is InChI=1S/C19H31NO/c1-5-11-20-17-9-8-16(6-2)13-19(17)21-18-10-7-14(3)12-15(18)4/h7,10,12,16-17,19-20H,5-6,8-9,11,13H2,1-4H3. The molecule has 0 spiro atoms. The number of hydrogen-bond donors (Lipinski definition) is 1. The average molecular weight is 289 g/mol. The lowest BCUT2D eigenvalue weighted by Crippen LogP contribution is -2.47. The van der Waals surface area contributed by atoms with Crippen LogP contribution in [-0.2, 0) is 0 Å². The van der Waals surface area contributed by atoms with Crippen LogP contribution in [0.4, 0.5) is 0 Å². The van der Waals surface area contributed by atoms with Crippen molar-refractivity contribution < 1.29 is 4.74 Å². The van der Waals surface area contributed by atoms with Gasteiger partial charge in [0.05, 0.1) is 0 Å². The molecule has 0 aromatic heterocycles. The lowest BCUT2D eigenvalue weighted by molar-refractivity contribution is 0.0843. The second-order valence-electron chi connectivity index (χ2n) is 6.57. The van der Waals surface area contributed by atoms with Crippen LogP contribution in [0, 0.1) is 19.8 Å². The number of nitrogens with one attached hydrogen (secondary N) is 1. The van der Waals surface area contributed by atoms with E-state index in [1.165, 1.54) is 43.2 Å². The van der Waals surface area contributed by atoms with Crippen LogP contribution in [0.25, 0.3) is 0 Å². The fourth-order valence-corrected chi connectivity index (χ4v) is 3.37. The van der Waals surface area contributed by atoms with Crippen molar-refractivity contribution >= 4 is 0 Å². The monoisotopic (exact) mass is 289 g/mol. The molecule has 2 heteroatoms. The smallest absolute Gasteiger partial charge is 0.122 e. The normalized spacial score (nSPS) is 25.8. The van der Waals surface area contributed by atoms with Gasteiger partial charge in [0.25, 0.3) is 0 Å². The van der Waals surface area contributed by atoms with Gasteiger partial charge in [-0.25, -0.2) is 0 Å². The SMILES string of the molecule is CCCNC1CCC(CC)CC1Oc1ccc(C)cc1C. The van der Waals surface area contributed by atoms with Crippen molar-refractivity contribution in [1.82, 2.24) is 5.32 Å². The zero-order valence-electron chi connectivity index (χ0n) is 14.1. The first-order valence-corrected chi connectivity index (χ1v) is 8.61. The van der Waals surface area contributed by atoms with E-state index in [1.807, 2.05) is 0 Å². The molecule has 0 amide bonds. The second kappa shape index (κ2) is 7.84. The first-order valence-electron chi connectivity index (χ1n) is 8.61. The quantitative estimate of drug-likeness (QED) is 0.824. The molecule has 1 aromatic carbocycles. The van der Waals surface area contributed by atoms with Crippen LogP contribution in [0.15, 0.2) is 18.2 Å². The Morgan fingerprint density at radius 2 is 2.00 bits per heavy atom. The largest absolute Gasteiger partial charge is 0.489 e. The Hall–Kier alpha value is -1.02. The van der Waals surface area contributed by atoms with E-state index >= 15 is 0 Å². The van der Waals surface area contributed by atoms with Gasteiger partial charge < -0.3 is 10.1 Å². The molecule has 0 aliphatic heterocycles. The molecule has 1 aliphatic rings. The van der Waals surface area contributed by atoms with Crippen LogP contribution in [-0.4, -0.2) is 18.7 Å². The highest BCUT2D eigenvalue weighted by Crippen LogP contribution is 2.31. The Labute approximate surface area is 130 Å². The van der Waals surface area contributed by atoms with Gasteiger partial charge in [-0.3, -0.25) is 0 Å². The molecular formula is C19H31NO. The van der Waals surface area contributed by atoms with Gasteiger partial charge in [0.2, 0.25) is 0 Å². The van der Waals surface area contributed by atoms with Gasteiger partial charge in [-0.2, -0.15) is 0 Å². The summed E-state index contributed by atoms with van der Waals surface area (Å²) in [6.45, 7) is 9.91. The Kier molecular flexibility index (Phi) is 6.10. The second-order valence-corrected chi connectivity index (χ2v) is 6.57. The molecule has 3 unspecified atom stereocenters. The maximum absolute atomic E-state index is 6.42. The van der Waals surface area contributed by atoms with E-state index < -0.39 is 0 Å². The summed E-state index contributed by atoms with van der Waals surface area (Å²) in [5.74, 6) is 1.88. The van der Waals surface area contributed by atoms with Crippen LogP contribution < -0.4 is 10.1 Å². The van der Waals surface area contributed by atoms with E-state index in [4.69, 9.17) is 4.74 Å². The molecule has 1 aromatic rings. The number of ether oxygens (including phenoxy) is 1. The maximum Gasteiger partial charge on any atom is 0.122 e. The van der Waals surface area contributed by atoms with Gasteiger partial charge in [-0.1, -0.05) is 38.0 Å². The summed E-state index contributed by atoms with van der Waals surface area (Å²) in [6, 6.07) is 7.01. The molecule has 0 radical (unpaired) electrons. The fourth-order valence-electron chi connectivity index (χ4n) is 3.37. The summed E-state index contributed by atoms with van der Waals surface area (Å²) >= 11 is 0. The molecule has 118 valence electrons. The molecule has 1 saturated carbocycles. The minimum Gasteiger partial charge on any atom is -0.489 e. The van der Waals surface area contributed by atoms with Gasteiger partial charge in [0.1, 0.15) is 11.9 Å². The molecule has 0 bridgehead atoms. The van der Waals surface area contributed by atoms with Crippen molar-refractivity contribution in [2.24, 2.45) is 5.92 Å². The lowest BCUT2D eigenvalue weighted by atomic mass is 9.82. The number of benzene rings is 1. The number of hydrogen-bond acceptors (Lipinski definition) is 2. The molecule has 2 nitrogen and oxygen atoms in total. The van der Waals surface area contributed by atoms with Gasteiger partial charge in [-0.15, -0.1) is 0 Å². The van der Waals surface area contributed by atoms with Crippen LogP contribution >= 0.6 is 0 Å². The highest BCUT2D eigenvalue weighted by molar-refractivity contribution is 5.35.